The van der Waals surface area contributed by atoms with Gasteiger partial charge in [-0.15, -0.1) is 0 Å². The van der Waals surface area contributed by atoms with Crippen LogP contribution in [0.4, 0.5) is 5.82 Å². The van der Waals surface area contributed by atoms with Crippen molar-refractivity contribution in [2.75, 3.05) is 5.32 Å². The second-order valence-corrected chi connectivity index (χ2v) is 7.81. The van der Waals surface area contributed by atoms with Crippen molar-refractivity contribution in [3.8, 4) is 17.4 Å². The van der Waals surface area contributed by atoms with Crippen LogP contribution in [-0.4, -0.2) is 25.7 Å². The second-order valence-electron chi connectivity index (χ2n) is 7.81. The highest BCUT2D eigenvalue weighted by Gasteiger charge is 2.19. The van der Waals surface area contributed by atoms with Crippen LogP contribution >= 0.6 is 0 Å². The molecule has 0 atom stereocenters. The Morgan fingerprint density at radius 3 is 2.87 bits per heavy atom. The molecule has 1 saturated carbocycles. The first-order valence-electron chi connectivity index (χ1n) is 10.7. The van der Waals surface area contributed by atoms with E-state index in [1.54, 1.807) is 24.5 Å². The van der Waals surface area contributed by atoms with Crippen LogP contribution in [0.1, 0.15) is 57.6 Å². The van der Waals surface area contributed by atoms with Gasteiger partial charge < -0.3 is 9.73 Å². The molecule has 0 aliphatic heterocycles. The molecule has 2 N–H and O–H groups in total. The summed E-state index contributed by atoms with van der Waals surface area (Å²) in [6.45, 7) is 1.93. The maximum absolute atomic E-state index is 12.7. The molecule has 158 valence electrons. The first kappa shape index (κ1) is 20.1. The van der Waals surface area contributed by atoms with Crippen molar-refractivity contribution >= 4 is 11.7 Å². The molecule has 1 aliphatic rings. The maximum atomic E-state index is 12.7. The fourth-order valence-corrected chi connectivity index (χ4v) is 3.97. The Balaban J connectivity index is 1.58. The van der Waals surface area contributed by atoms with Crippen LogP contribution < -0.4 is 10.9 Å². The van der Waals surface area contributed by atoms with Crippen LogP contribution in [0.25, 0.3) is 17.4 Å². The van der Waals surface area contributed by atoms with Crippen LogP contribution in [0.3, 0.4) is 0 Å². The first-order valence-corrected chi connectivity index (χ1v) is 10.7. The van der Waals surface area contributed by atoms with E-state index in [4.69, 9.17) is 4.42 Å². The summed E-state index contributed by atoms with van der Waals surface area (Å²) in [6.07, 6.45) is 9.79. The number of H-pyrrole nitrogens is 1. The molecule has 1 amide bonds. The van der Waals surface area contributed by atoms with E-state index in [0.717, 1.165) is 6.42 Å². The lowest BCUT2D eigenvalue weighted by molar-refractivity contribution is -0.116. The molecule has 1 fully saturated rings. The second kappa shape index (κ2) is 9.11. The molecule has 4 rings (SSSR count). The SMILES string of the molecule is CCc1cc(=O)[nH]c(-n2nc(-c3ccco3)cc2NC(=O)CCC2CCCCC2)n1. The van der Waals surface area contributed by atoms with Crippen LogP contribution in [0.15, 0.2) is 39.7 Å². The molecule has 0 radical (unpaired) electrons. The molecule has 30 heavy (non-hydrogen) atoms. The van der Waals surface area contributed by atoms with Crippen molar-refractivity contribution in [1.82, 2.24) is 19.7 Å². The molecule has 3 heterocycles. The van der Waals surface area contributed by atoms with E-state index in [9.17, 15) is 9.59 Å². The minimum absolute atomic E-state index is 0.0679. The van der Waals surface area contributed by atoms with Crippen molar-refractivity contribution in [3.63, 3.8) is 0 Å². The van der Waals surface area contributed by atoms with E-state index in [2.05, 4.69) is 20.4 Å². The number of nitrogens with one attached hydrogen (secondary N) is 2. The van der Waals surface area contributed by atoms with E-state index < -0.39 is 0 Å². The number of rotatable bonds is 7. The van der Waals surface area contributed by atoms with E-state index in [-0.39, 0.29) is 17.4 Å². The predicted molar refractivity (Wildman–Crippen MR) is 113 cm³/mol. The van der Waals surface area contributed by atoms with Gasteiger partial charge in [0.15, 0.2) is 5.76 Å². The molecule has 0 saturated heterocycles. The minimum Gasteiger partial charge on any atom is -0.463 e. The maximum Gasteiger partial charge on any atom is 0.252 e. The van der Waals surface area contributed by atoms with Crippen molar-refractivity contribution in [1.29, 1.82) is 0 Å². The number of anilines is 1. The molecule has 8 heteroatoms. The van der Waals surface area contributed by atoms with Gasteiger partial charge in [0.1, 0.15) is 11.5 Å². The lowest BCUT2D eigenvalue weighted by Crippen LogP contribution is -2.20. The highest BCUT2D eigenvalue weighted by molar-refractivity contribution is 5.90. The molecule has 0 unspecified atom stereocenters. The average molecular weight is 409 g/mol. The highest BCUT2D eigenvalue weighted by atomic mass is 16.3. The number of aromatic nitrogens is 4. The van der Waals surface area contributed by atoms with Crippen LogP contribution in [0, 0.1) is 5.92 Å². The predicted octanol–water partition coefficient (Wildman–Crippen LogP) is 4.08. The van der Waals surface area contributed by atoms with Gasteiger partial charge in [-0.05, 0) is 30.9 Å². The third-order valence-electron chi connectivity index (χ3n) is 5.60. The van der Waals surface area contributed by atoms with Gasteiger partial charge >= 0.3 is 0 Å². The van der Waals surface area contributed by atoms with E-state index in [0.29, 0.717) is 41.7 Å². The first-order chi connectivity index (χ1) is 14.6. The Morgan fingerprint density at radius 1 is 1.30 bits per heavy atom. The van der Waals surface area contributed by atoms with Gasteiger partial charge in [0, 0.05) is 24.2 Å². The van der Waals surface area contributed by atoms with Gasteiger partial charge in [-0.2, -0.15) is 9.78 Å². The summed E-state index contributed by atoms with van der Waals surface area (Å²) in [5, 5.41) is 7.46. The van der Waals surface area contributed by atoms with E-state index >= 15 is 0 Å². The number of carbonyl (C=O) groups excluding carboxylic acids is 1. The minimum atomic E-state index is -0.263. The smallest absolute Gasteiger partial charge is 0.252 e. The summed E-state index contributed by atoms with van der Waals surface area (Å²) in [7, 11) is 0. The molecule has 0 bridgehead atoms. The molecular weight excluding hydrogens is 382 g/mol. The van der Waals surface area contributed by atoms with Gasteiger partial charge in [-0.25, -0.2) is 4.98 Å². The Morgan fingerprint density at radius 2 is 2.13 bits per heavy atom. The Kier molecular flexibility index (Phi) is 6.11. The normalized spacial score (nSPS) is 14.7. The van der Waals surface area contributed by atoms with Crippen molar-refractivity contribution in [3.05, 3.63) is 46.6 Å². The highest BCUT2D eigenvalue weighted by Crippen LogP contribution is 2.28. The Bertz CT molecular complexity index is 1050. The molecule has 0 aromatic carbocycles. The van der Waals surface area contributed by atoms with Crippen molar-refractivity contribution in [2.45, 2.75) is 58.3 Å². The van der Waals surface area contributed by atoms with Gasteiger partial charge in [0.05, 0.1) is 6.26 Å². The van der Waals surface area contributed by atoms with Gasteiger partial charge in [0.2, 0.25) is 11.9 Å². The lowest BCUT2D eigenvalue weighted by atomic mass is 9.86. The fourth-order valence-electron chi connectivity index (χ4n) is 3.97. The number of aryl methyl sites for hydroxylation is 1. The summed E-state index contributed by atoms with van der Waals surface area (Å²) in [5.74, 6) is 1.85. The standard InChI is InChI=1S/C22H27N5O3/c1-2-16-13-21(29)25-22(23-16)27-19(14-17(26-27)18-9-6-12-30-18)24-20(28)11-10-15-7-4-3-5-8-15/h6,9,12-15H,2-5,7-8,10-11H2,1H3,(H,24,28)(H,23,25,29). The number of carbonyl (C=O) groups is 1. The quantitative estimate of drug-likeness (QED) is 0.612. The van der Waals surface area contributed by atoms with E-state index in [1.165, 1.54) is 42.9 Å². The zero-order valence-corrected chi connectivity index (χ0v) is 17.2. The zero-order valence-electron chi connectivity index (χ0n) is 17.2. The van der Waals surface area contributed by atoms with Gasteiger partial charge in [-0.3, -0.25) is 14.6 Å². The Hall–Kier alpha value is -3.16. The monoisotopic (exact) mass is 409 g/mol. The Labute approximate surface area is 174 Å². The number of nitrogens with zero attached hydrogens (tertiary/aromatic N) is 3. The molecule has 3 aromatic rings. The number of aromatic amines is 1. The van der Waals surface area contributed by atoms with E-state index in [1.807, 2.05) is 6.92 Å². The third kappa shape index (κ3) is 4.69. The van der Waals surface area contributed by atoms with Crippen LogP contribution in [0.2, 0.25) is 0 Å². The molecule has 3 aromatic heterocycles. The summed E-state index contributed by atoms with van der Waals surface area (Å²) in [5.41, 5.74) is 0.937. The molecule has 0 spiro atoms. The summed E-state index contributed by atoms with van der Waals surface area (Å²) >= 11 is 0. The number of amides is 1. The molecule has 1 aliphatic carbocycles. The summed E-state index contributed by atoms with van der Waals surface area (Å²) < 4.78 is 6.90. The zero-order chi connectivity index (χ0) is 20.9. The van der Waals surface area contributed by atoms with Crippen LogP contribution in [0.5, 0.6) is 0 Å². The number of hydrogen-bond donors (Lipinski definition) is 2. The summed E-state index contributed by atoms with van der Waals surface area (Å²) in [6, 6.07) is 6.76. The fraction of sp³-hybridized carbons (Fsp3) is 0.455. The van der Waals surface area contributed by atoms with Crippen LogP contribution in [-0.2, 0) is 11.2 Å². The summed E-state index contributed by atoms with van der Waals surface area (Å²) in [4.78, 5) is 31.9. The molecule has 8 nitrogen and oxygen atoms in total. The topological polar surface area (TPSA) is 106 Å². The van der Waals surface area contributed by atoms with Gasteiger partial charge in [-0.1, -0.05) is 39.0 Å². The van der Waals surface area contributed by atoms with Crippen molar-refractivity contribution in [2.24, 2.45) is 5.92 Å². The lowest BCUT2D eigenvalue weighted by Gasteiger charge is -2.21. The number of furan rings is 1. The molecular formula is C22H27N5O3. The number of hydrogen-bond acceptors (Lipinski definition) is 5. The average Bonchev–Trinajstić information content (AvgIpc) is 3.42. The van der Waals surface area contributed by atoms with Gasteiger partial charge in [0.25, 0.3) is 5.56 Å². The van der Waals surface area contributed by atoms with Crippen molar-refractivity contribution < 1.29 is 9.21 Å². The third-order valence-corrected chi connectivity index (χ3v) is 5.60. The largest absolute Gasteiger partial charge is 0.463 e.